The molecule has 0 saturated heterocycles. The van der Waals surface area contributed by atoms with Crippen LogP contribution in [0.3, 0.4) is 0 Å². The highest BCUT2D eigenvalue weighted by molar-refractivity contribution is 5.58. The molecule has 0 unspecified atom stereocenters. The second-order valence-corrected chi connectivity index (χ2v) is 5.56. The van der Waals surface area contributed by atoms with Crippen molar-refractivity contribution in [1.82, 2.24) is 19.7 Å². The van der Waals surface area contributed by atoms with E-state index in [1.807, 2.05) is 6.07 Å². The van der Waals surface area contributed by atoms with Gasteiger partial charge in [0.2, 0.25) is 5.95 Å². The van der Waals surface area contributed by atoms with Crippen molar-refractivity contribution in [3.8, 4) is 11.8 Å². The Morgan fingerprint density at radius 3 is 2.48 bits per heavy atom. The van der Waals surface area contributed by atoms with Gasteiger partial charge in [0.25, 0.3) is 0 Å². The second-order valence-electron chi connectivity index (χ2n) is 5.56. The lowest BCUT2D eigenvalue weighted by molar-refractivity contribution is -0.137. The number of anilines is 3. The molecule has 0 aliphatic heterocycles. The third-order valence-corrected chi connectivity index (χ3v) is 3.74. The van der Waals surface area contributed by atoms with Crippen molar-refractivity contribution in [2.24, 2.45) is 0 Å². The van der Waals surface area contributed by atoms with Gasteiger partial charge in [-0.2, -0.15) is 28.5 Å². The summed E-state index contributed by atoms with van der Waals surface area (Å²) >= 11 is 0. The fourth-order valence-corrected chi connectivity index (χ4v) is 2.36. The van der Waals surface area contributed by atoms with Gasteiger partial charge in [-0.25, -0.2) is 9.67 Å². The van der Waals surface area contributed by atoms with E-state index < -0.39 is 11.7 Å². The van der Waals surface area contributed by atoms with Crippen LogP contribution in [-0.4, -0.2) is 26.8 Å². The van der Waals surface area contributed by atoms with Crippen molar-refractivity contribution in [3.05, 3.63) is 53.5 Å². The minimum atomic E-state index is -4.55. The first kappa shape index (κ1) is 18.2. The molecule has 0 saturated carbocycles. The van der Waals surface area contributed by atoms with Gasteiger partial charge in [0, 0.05) is 13.2 Å². The second kappa shape index (κ2) is 6.95. The van der Waals surface area contributed by atoms with Crippen molar-refractivity contribution >= 4 is 17.5 Å². The van der Waals surface area contributed by atoms with Gasteiger partial charge in [-0.15, -0.1) is 0 Å². The maximum absolute atomic E-state index is 12.9. The highest BCUT2D eigenvalue weighted by Crippen LogP contribution is 2.34. The number of rotatable bonds is 4. The Morgan fingerprint density at radius 2 is 1.89 bits per heavy atom. The predicted molar refractivity (Wildman–Crippen MR) is 92.9 cm³/mol. The fraction of sp³-hybridized carbons (Fsp3) is 0.176. The highest BCUT2D eigenvalue weighted by Gasteiger charge is 2.35. The highest BCUT2D eigenvalue weighted by atomic mass is 19.4. The molecule has 0 radical (unpaired) electrons. The summed E-state index contributed by atoms with van der Waals surface area (Å²) in [7, 11) is 1.36. The van der Waals surface area contributed by atoms with E-state index >= 15 is 0 Å². The van der Waals surface area contributed by atoms with E-state index in [9.17, 15) is 13.2 Å². The van der Waals surface area contributed by atoms with Gasteiger partial charge < -0.3 is 10.6 Å². The lowest BCUT2D eigenvalue weighted by Gasteiger charge is -2.12. The lowest BCUT2D eigenvalue weighted by atomic mass is 10.2. The molecule has 0 amide bonds. The van der Waals surface area contributed by atoms with E-state index in [0.717, 1.165) is 11.9 Å². The van der Waals surface area contributed by atoms with Crippen LogP contribution in [0.5, 0.6) is 0 Å². The van der Waals surface area contributed by atoms with Crippen LogP contribution >= 0.6 is 0 Å². The molecule has 0 aliphatic rings. The van der Waals surface area contributed by atoms with E-state index in [1.165, 1.54) is 7.05 Å². The van der Waals surface area contributed by atoms with Crippen LogP contribution in [0, 0.1) is 18.3 Å². The molecular weight excluding hydrogens is 359 g/mol. The molecule has 0 fully saturated rings. The Kier molecular flexibility index (Phi) is 4.68. The van der Waals surface area contributed by atoms with Crippen LogP contribution in [0.4, 0.5) is 30.6 Å². The van der Waals surface area contributed by atoms with E-state index in [2.05, 4.69) is 25.7 Å². The first-order valence-corrected chi connectivity index (χ1v) is 7.77. The van der Waals surface area contributed by atoms with Crippen molar-refractivity contribution in [2.75, 3.05) is 17.7 Å². The number of nitrogens with zero attached hydrogens (tertiary/aromatic N) is 5. The minimum Gasteiger partial charge on any atom is -0.372 e. The molecule has 2 heterocycles. The summed E-state index contributed by atoms with van der Waals surface area (Å²) in [4.78, 5) is 7.61. The molecule has 1 aromatic carbocycles. The van der Waals surface area contributed by atoms with Gasteiger partial charge in [0.05, 0.1) is 34.9 Å². The molecule has 7 nitrogen and oxygen atoms in total. The van der Waals surface area contributed by atoms with Gasteiger partial charge in [-0.05, 0) is 31.2 Å². The summed E-state index contributed by atoms with van der Waals surface area (Å²) in [6.45, 7) is 1.74. The monoisotopic (exact) mass is 373 g/mol. The van der Waals surface area contributed by atoms with E-state index in [0.29, 0.717) is 16.9 Å². The smallest absolute Gasteiger partial charge is 0.372 e. The molecule has 0 bridgehead atoms. The summed E-state index contributed by atoms with van der Waals surface area (Å²) in [5.41, 5.74) is 1.46. The molecule has 0 spiro atoms. The van der Waals surface area contributed by atoms with Crippen LogP contribution in [0.2, 0.25) is 0 Å². The molecule has 0 atom stereocenters. The molecule has 2 aromatic heterocycles. The first-order valence-electron chi connectivity index (χ1n) is 7.77. The first-order chi connectivity index (χ1) is 12.8. The maximum atomic E-state index is 12.9. The molecule has 2 N–H and O–H groups in total. The zero-order chi connectivity index (χ0) is 19.6. The molecule has 10 heteroatoms. The Balaban J connectivity index is 1.88. The Morgan fingerprint density at radius 1 is 1.19 bits per heavy atom. The topological polar surface area (TPSA) is 91.5 Å². The minimum absolute atomic E-state index is 0.00910. The van der Waals surface area contributed by atoms with Crippen LogP contribution in [0.1, 0.15) is 16.8 Å². The van der Waals surface area contributed by atoms with Gasteiger partial charge in [0.1, 0.15) is 11.4 Å². The van der Waals surface area contributed by atoms with Gasteiger partial charge in [-0.1, -0.05) is 0 Å². The largest absolute Gasteiger partial charge is 0.421 e. The summed E-state index contributed by atoms with van der Waals surface area (Å²) in [6, 6.07) is 8.84. The molecular formula is C17H14F3N7. The van der Waals surface area contributed by atoms with Crippen molar-refractivity contribution in [1.29, 1.82) is 5.26 Å². The number of benzene rings is 1. The standard InChI is InChI=1S/C17H14F3N7/c1-10-14(9-27(26-10)12-5-3-11(7-21)4-6-12)24-16-23-8-13(17(18,19)20)15(22-2)25-16/h3-6,8-9H,1-2H3,(H2,22,23,24,25). The molecule has 138 valence electrons. The van der Waals surface area contributed by atoms with Crippen LogP contribution in [-0.2, 0) is 6.18 Å². The fourth-order valence-electron chi connectivity index (χ4n) is 2.36. The van der Waals surface area contributed by atoms with E-state index in [-0.39, 0.29) is 11.8 Å². The Hall–Kier alpha value is -3.61. The quantitative estimate of drug-likeness (QED) is 0.725. The molecule has 3 aromatic rings. The summed E-state index contributed by atoms with van der Waals surface area (Å²) < 4.78 is 40.4. The third-order valence-electron chi connectivity index (χ3n) is 3.74. The van der Waals surface area contributed by atoms with E-state index in [1.54, 1.807) is 42.1 Å². The van der Waals surface area contributed by atoms with E-state index in [4.69, 9.17) is 5.26 Å². The normalized spacial score (nSPS) is 11.1. The number of hydrogen-bond donors (Lipinski definition) is 2. The maximum Gasteiger partial charge on any atom is 0.421 e. The van der Waals surface area contributed by atoms with Crippen LogP contribution < -0.4 is 10.6 Å². The van der Waals surface area contributed by atoms with Crippen molar-refractivity contribution in [3.63, 3.8) is 0 Å². The lowest BCUT2D eigenvalue weighted by Crippen LogP contribution is -2.12. The molecule has 27 heavy (non-hydrogen) atoms. The van der Waals surface area contributed by atoms with Gasteiger partial charge >= 0.3 is 6.18 Å². The number of nitrogens with one attached hydrogen (secondary N) is 2. The summed E-state index contributed by atoms with van der Waals surface area (Å²) in [6.07, 6.45) is -2.16. The number of halogens is 3. The Labute approximate surface area is 152 Å². The number of hydrogen-bond acceptors (Lipinski definition) is 6. The van der Waals surface area contributed by atoms with Gasteiger partial charge in [-0.3, -0.25) is 0 Å². The predicted octanol–water partition coefficient (Wildman–Crippen LogP) is 3.65. The number of nitriles is 1. The SMILES string of the molecule is CNc1nc(Nc2cn(-c3ccc(C#N)cc3)nc2C)ncc1C(F)(F)F. The average Bonchev–Trinajstić information content (AvgIpc) is 3.01. The van der Waals surface area contributed by atoms with Gasteiger partial charge in [0.15, 0.2) is 0 Å². The zero-order valence-electron chi connectivity index (χ0n) is 14.3. The Bertz CT molecular complexity index is 1000. The molecule has 3 rings (SSSR count). The van der Waals surface area contributed by atoms with Crippen molar-refractivity contribution in [2.45, 2.75) is 13.1 Å². The number of alkyl halides is 3. The van der Waals surface area contributed by atoms with Crippen LogP contribution in [0.25, 0.3) is 5.69 Å². The van der Waals surface area contributed by atoms with Crippen LogP contribution in [0.15, 0.2) is 36.7 Å². The number of aromatic nitrogens is 4. The third kappa shape index (κ3) is 3.82. The summed E-state index contributed by atoms with van der Waals surface area (Å²) in [5.74, 6) is -0.313. The van der Waals surface area contributed by atoms with Crippen molar-refractivity contribution < 1.29 is 13.2 Å². The summed E-state index contributed by atoms with van der Waals surface area (Å²) in [5, 5.41) is 18.5. The average molecular weight is 373 g/mol. The number of aryl methyl sites for hydroxylation is 1. The zero-order valence-corrected chi connectivity index (χ0v) is 14.3. The molecule has 0 aliphatic carbocycles.